The summed E-state index contributed by atoms with van der Waals surface area (Å²) in [5.74, 6) is -0.186. The summed E-state index contributed by atoms with van der Waals surface area (Å²) in [5, 5.41) is 3.44. The minimum atomic E-state index is -0.498. The van der Waals surface area contributed by atoms with Gasteiger partial charge in [-0.1, -0.05) is 17.7 Å². The van der Waals surface area contributed by atoms with E-state index in [0.717, 1.165) is 30.5 Å². The highest BCUT2D eigenvalue weighted by atomic mass is 35.5. The number of aromatic nitrogens is 4. The molecule has 4 rings (SSSR count). The molecule has 0 atom stereocenters. The predicted octanol–water partition coefficient (Wildman–Crippen LogP) is 3.15. The first-order chi connectivity index (χ1) is 14.1. The van der Waals surface area contributed by atoms with Gasteiger partial charge in [0.15, 0.2) is 5.82 Å². The van der Waals surface area contributed by atoms with Crippen LogP contribution < -0.4 is 5.32 Å². The Kier molecular flexibility index (Phi) is 5.31. The number of hydrogen-bond acceptors (Lipinski definition) is 6. The number of nitrogens with one attached hydrogen (secondary N) is 1. The molecule has 3 heterocycles. The molecule has 7 nitrogen and oxygen atoms in total. The van der Waals surface area contributed by atoms with Crippen LogP contribution in [0.3, 0.4) is 0 Å². The molecule has 1 fully saturated rings. The number of amides is 1. The molecule has 3 aromatic heterocycles. The summed E-state index contributed by atoms with van der Waals surface area (Å²) >= 11 is 5.79. The van der Waals surface area contributed by atoms with Crippen molar-refractivity contribution in [2.45, 2.75) is 31.2 Å². The van der Waals surface area contributed by atoms with Crippen molar-refractivity contribution >= 4 is 23.3 Å². The fourth-order valence-corrected chi connectivity index (χ4v) is 3.41. The number of nitrogens with zero attached hydrogens (tertiary/aromatic N) is 4. The molecule has 3 aromatic rings. The van der Waals surface area contributed by atoms with Gasteiger partial charge in [-0.15, -0.1) is 0 Å². The highest BCUT2D eigenvalue weighted by Crippen LogP contribution is 2.40. The zero-order valence-electron chi connectivity index (χ0n) is 15.5. The SMILES string of the molecule is O=C(NC1(c2ccc(CC(=O)c3ncccn3)cn2)CCC1)c1ccc(Cl)nc1. The summed E-state index contributed by atoms with van der Waals surface area (Å²) in [6.07, 6.45) is 9.01. The molecule has 0 aliphatic heterocycles. The number of carbonyl (C=O) groups is 2. The van der Waals surface area contributed by atoms with Gasteiger partial charge in [0.1, 0.15) is 5.15 Å². The largest absolute Gasteiger partial charge is 0.341 e. The lowest BCUT2D eigenvalue weighted by Gasteiger charge is -2.42. The molecule has 8 heteroatoms. The lowest BCUT2D eigenvalue weighted by atomic mass is 9.73. The van der Waals surface area contributed by atoms with Crippen molar-refractivity contribution in [3.05, 3.63) is 82.9 Å². The number of ketones is 1. The molecule has 1 N–H and O–H groups in total. The van der Waals surface area contributed by atoms with Gasteiger partial charge in [-0.05, 0) is 49.1 Å². The summed E-state index contributed by atoms with van der Waals surface area (Å²) in [6, 6.07) is 8.63. The summed E-state index contributed by atoms with van der Waals surface area (Å²) in [5.41, 5.74) is 1.51. The quantitative estimate of drug-likeness (QED) is 0.498. The van der Waals surface area contributed by atoms with Gasteiger partial charge in [-0.2, -0.15) is 0 Å². The number of pyridine rings is 2. The Morgan fingerprint density at radius 1 is 1.00 bits per heavy atom. The van der Waals surface area contributed by atoms with E-state index in [1.165, 1.54) is 6.20 Å². The van der Waals surface area contributed by atoms with E-state index in [-0.39, 0.29) is 23.9 Å². The number of halogens is 1. The van der Waals surface area contributed by atoms with Crippen molar-refractivity contribution in [2.24, 2.45) is 0 Å². The first-order valence-electron chi connectivity index (χ1n) is 9.25. The van der Waals surface area contributed by atoms with E-state index in [0.29, 0.717) is 10.7 Å². The van der Waals surface area contributed by atoms with Crippen LogP contribution in [0.25, 0.3) is 0 Å². The van der Waals surface area contributed by atoms with Crippen LogP contribution in [-0.4, -0.2) is 31.6 Å². The maximum atomic E-state index is 12.6. The maximum Gasteiger partial charge on any atom is 0.253 e. The Labute approximate surface area is 172 Å². The lowest BCUT2D eigenvalue weighted by Crippen LogP contribution is -2.51. The van der Waals surface area contributed by atoms with Crippen molar-refractivity contribution in [3.63, 3.8) is 0 Å². The Morgan fingerprint density at radius 2 is 1.79 bits per heavy atom. The molecular formula is C21H18ClN5O2. The van der Waals surface area contributed by atoms with Gasteiger partial charge in [0.2, 0.25) is 5.78 Å². The smallest absolute Gasteiger partial charge is 0.253 e. The van der Waals surface area contributed by atoms with Gasteiger partial charge in [0.05, 0.1) is 16.8 Å². The van der Waals surface area contributed by atoms with Crippen LogP contribution in [0.1, 0.15) is 51.5 Å². The fraction of sp³-hybridized carbons (Fsp3) is 0.238. The first-order valence-corrected chi connectivity index (χ1v) is 9.63. The first kappa shape index (κ1) is 19.1. The third-order valence-electron chi connectivity index (χ3n) is 5.04. The monoisotopic (exact) mass is 407 g/mol. The number of carbonyl (C=O) groups excluding carboxylic acids is 2. The Morgan fingerprint density at radius 3 is 2.38 bits per heavy atom. The molecule has 0 spiro atoms. The summed E-state index contributed by atoms with van der Waals surface area (Å²) < 4.78 is 0. The van der Waals surface area contributed by atoms with Crippen LogP contribution in [-0.2, 0) is 12.0 Å². The molecule has 0 aromatic carbocycles. The highest BCUT2D eigenvalue weighted by molar-refractivity contribution is 6.29. The molecule has 1 saturated carbocycles. The molecule has 1 aliphatic rings. The van der Waals surface area contributed by atoms with Crippen molar-refractivity contribution in [1.29, 1.82) is 0 Å². The highest BCUT2D eigenvalue weighted by Gasteiger charge is 2.41. The standard InChI is InChI=1S/C21H18ClN5O2/c22-18-6-4-15(13-26-18)20(29)27-21(7-1-8-21)17-5-3-14(12-25-17)11-16(28)19-23-9-2-10-24-19/h2-6,9-10,12-13H,1,7-8,11H2,(H,27,29). The van der Waals surface area contributed by atoms with Crippen LogP contribution in [0, 0.1) is 0 Å². The zero-order valence-corrected chi connectivity index (χ0v) is 16.3. The van der Waals surface area contributed by atoms with E-state index in [1.54, 1.807) is 36.8 Å². The van der Waals surface area contributed by atoms with Crippen LogP contribution in [0.15, 0.2) is 55.1 Å². The minimum Gasteiger partial charge on any atom is -0.341 e. The third kappa shape index (κ3) is 4.14. The normalized spacial score (nSPS) is 14.7. The number of hydrogen-bond donors (Lipinski definition) is 1. The molecule has 146 valence electrons. The average Bonchev–Trinajstić information content (AvgIpc) is 2.72. The van der Waals surface area contributed by atoms with Gasteiger partial charge >= 0.3 is 0 Å². The van der Waals surface area contributed by atoms with Gasteiger partial charge in [0.25, 0.3) is 5.91 Å². The van der Waals surface area contributed by atoms with Crippen molar-refractivity contribution < 1.29 is 9.59 Å². The second-order valence-corrected chi connectivity index (χ2v) is 7.37. The third-order valence-corrected chi connectivity index (χ3v) is 5.27. The minimum absolute atomic E-state index is 0.165. The van der Waals surface area contributed by atoms with Gasteiger partial charge in [-0.3, -0.25) is 14.6 Å². The summed E-state index contributed by atoms with van der Waals surface area (Å²) in [7, 11) is 0. The second kappa shape index (κ2) is 8.05. The molecule has 29 heavy (non-hydrogen) atoms. The van der Waals surface area contributed by atoms with Crippen molar-refractivity contribution in [2.75, 3.05) is 0 Å². The summed E-state index contributed by atoms with van der Waals surface area (Å²) in [6.45, 7) is 0. The zero-order chi connectivity index (χ0) is 20.3. The molecule has 0 saturated heterocycles. The van der Waals surface area contributed by atoms with Crippen molar-refractivity contribution in [3.8, 4) is 0 Å². The number of Topliss-reactive ketones (excluding diaryl/α,β-unsaturated/α-hetero) is 1. The fourth-order valence-electron chi connectivity index (χ4n) is 3.29. The van der Waals surface area contributed by atoms with E-state index in [4.69, 9.17) is 11.6 Å². The summed E-state index contributed by atoms with van der Waals surface area (Å²) in [4.78, 5) is 41.3. The molecule has 1 amide bonds. The van der Waals surface area contributed by atoms with E-state index in [1.807, 2.05) is 12.1 Å². The van der Waals surface area contributed by atoms with E-state index < -0.39 is 5.54 Å². The maximum absolute atomic E-state index is 12.6. The Bertz CT molecular complexity index is 1020. The Balaban J connectivity index is 1.47. The molecule has 0 radical (unpaired) electrons. The molecular weight excluding hydrogens is 390 g/mol. The topological polar surface area (TPSA) is 97.7 Å². The van der Waals surface area contributed by atoms with Crippen LogP contribution in [0.4, 0.5) is 0 Å². The Hall–Kier alpha value is -3.19. The van der Waals surface area contributed by atoms with Crippen LogP contribution in [0.5, 0.6) is 0 Å². The van der Waals surface area contributed by atoms with Crippen LogP contribution in [0.2, 0.25) is 5.15 Å². The molecule has 1 aliphatic carbocycles. The van der Waals surface area contributed by atoms with E-state index in [2.05, 4.69) is 25.3 Å². The average molecular weight is 408 g/mol. The van der Waals surface area contributed by atoms with Crippen LogP contribution >= 0.6 is 11.6 Å². The van der Waals surface area contributed by atoms with Crippen molar-refractivity contribution in [1.82, 2.24) is 25.3 Å². The van der Waals surface area contributed by atoms with E-state index >= 15 is 0 Å². The van der Waals surface area contributed by atoms with Gasteiger partial charge in [-0.25, -0.2) is 15.0 Å². The van der Waals surface area contributed by atoms with Gasteiger partial charge < -0.3 is 5.32 Å². The molecule has 0 unspecified atom stereocenters. The number of rotatable bonds is 6. The lowest BCUT2D eigenvalue weighted by molar-refractivity contribution is 0.0816. The molecule has 0 bridgehead atoms. The van der Waals surface area contributed by atoms with E-state index in [9.17, 15) is 9.59 Å². The predicted molar refractivity (Wildman–Crippen MR) is 107 cm³/mol. The second-order valence-electron chi connectivity index (χ2n) is 6.98. The van der Waals surface area contributed by atoms with Gasteiger partial charge in [0, 0.05) is 31.2 Å².